The Balaban J connectivity index is 1.78. The van der Waals surface area contributed by atoms with Gasteiger partial charge in [0.1, 0.15) is 0 Å². The molecule has 1 atom stereocenters. The van der Waals surface area contributed by atoms with Crippen molar-refractivity contribution in [2.45, 2.75) is 45.8 Å². The highest BCUT2D eigenvalue weighted by Crippen LogP contribution is 2.17. The molecule has 1 unspecified atom stereocenters. The van der Waals surface area contributed by atoms with Gasteiger partial charge in [0.15, 0.2) is 0 Å². The van der Waals surface area contributed by atoms with Crippen molar-refractivity contribution in [2.24, 2.45) is 0 Å². The molecule has 0 aromatic carbocycles. The quantitative estimate of drug-likeness (QED) is 0.867. The van der Waals surface area contributed by atoms with Crippen molar-refractivity contribution >= 4 is 11.3 Å². The first-order valence-corrected chi connectivity index (χ1v) is 7.05. The van der Waals surface area contributed by atoms with Gasteiger partial charge >= 0.3 is 0 Å². The van der Waals surface area contributed by atoms with E-state index in [1.54, 1.807) is 0 Å². The maximum atomic E-state index is 3.68. The second kappa shape index (κ2) is 5.30. The molecule has 2 rings (SSSR count). The van der Waals surface area contributed by atoms with E-state index in [9.17, 15) is 0 Å². The molecule has 0 spiro atoms. The largest absolute Gasteiger partial charge is 0.308 e. The van der Waals surface area contributed by atoms with E-state index in [2.05, 4.69) is 42.4 Å². The van der Waals surface area contributed by atoms with E-state index >= 15 is 0 Å². The van der Waals surface area contributed by atoms with Gasteiger partial charge in [0.2, 0.25) is 0 Å². The van der Waals surface area contributed by atoms with Crippen LogP contribution in [0.4, 0.5) is 0 Å². The minimum Gasteiger partial charge on any atom is -0.308 e. The van der Waals surface area contributed by atoms with E-state index in [1.807, 2.05) is 11.3 Å². The summed E-state index contributed by atoms with van der Waals surface area (Å²) in [5.41, 5.74) is 1.43. The third-order valence-electron chi connectivity index (χ3n) is 3.47. The molecule has 0 amide bonds. The first kappa shape index (κ1) is 12.1. The van der Waals surface area contributed by atoms with Crippen LogP contribution >= 0.6 is 11.3 Å². The Kier molecular flexibility index (Phi) is 4.00. The van der Waals surface area contributed by atoms with Gasteiger partial charge in [0.25, 0.3) is 0 Å². The van der Waals surface area contributed by atoms with Crippen molar-refractivity contribution in [3.8, 4) is 0 Å². The Bertz CT molecular complexity index is 332. The number of hydrogen-bond donors (Lipinski definition) is 1. The molecule has 1 saturated heterocycles. The Morgan fingerprint density at radius 2 is 2.38 bits per heavy atom. The minimum absolute atomic E-state index is 0.684. The van der Waals surface area contributed by atoms with E-state index < -0.39 is 0 Å². The highest BCUT2D eigenvalue weighted by molar-refractivity contribution is 7.10. The molecule has 1 aliphatic heterocycles. The maximum Gasteiger partial charge on any atom is 0.0305 e. The summed E-state index contributed by atoms with van der Waals surface area (Å²) in [6.45, 7) is 10.3. The van der Waals surface area contributed by atoms with Crippen LogP contribution in [-0.2, 0) is 6.54 Å². The maximum absolute atomic E-state index is 3.68. The molecule has 2 nitrogen and oxygen atoms in total. The van der Waals surface area contributed by atoms with Crippen molar-refractivity contribution in [2.75, 3.05) is 13.1 Å². The molecule has 1 fully saturated rings. The van der Waals surface area contributed by atoms with Gasteiger partial charge in [-0.15, -0.1) is 11.3 Å². The van der Waals surface area contributed by atoms with Crippen molar-refractivity contribution in [1.29, 1.82) is 0 Å². The SMILES string of the molecule is Cc1ccsc1CNC1CCN(C(C)C)C1. The summed E-state index contributed by atoms with van der Waals surface area (Å²) >= 11 is 1.86. The van der Waals surface area contributed by atoms with Gasteiger partial charge in [-0.1, -0.05) is 0 Å². The van der Waals surface area contributed by atoms with Crippen LogP contribution in [0.15, 0.2) is 11.4 Å². The fourth-order valence-corrected chi connectivity index (χ4v) is 3.10. The molecule has 1 N–H and O–H groups in total. The highest BCUT2D eigenvalue weighted by atomic mass is 32.1. The summed E-state index contributed by atoms with van der Waals surface area (Å²) in [6.07, 6.45) is 1.29. The van der Waals surface area contributed by atoms with Crippen LogP contribution in [0.25, 0.3) is 0 Å². The molecule has 1 aromatic heterocycles. The Hall–Kier alpha value is -0.380. The highest BCUT2D eigenvalue weighted by Gasteiger charge is 2.23. The van der Waals surface area contributed by atoms with Crippen molar-refractivity contribution < 1.29 is 0 Å². The van der Waals surface area contributed by atoms with Gasteiger partial charge in [0, 0.05) is 30.1 Å². The van der Waals surface area contributed by atoms with E-state index in [-0.39, 0.29) is 0 Å². The number of hydrogen-bond acceptors (Lipinski definition) is 3. The molecule has 0 aliphatic carbocycles. The smallest absolute Gasteiger partial charge is 0.0305 e. The third kappa shape index (κ3) is 2.84. The number of nitrogens with one attached hydrogen (secondary N) is 1. The van der Waals surface area contributed by atoms with Crippen LogP contribution in [0.1, 0.15) is 30.7 Å². The Morgan fingerprint density at radius 1 is 1.56 bits per heavy atom. The first-order valence-electron chi connectivity index (χ1n) is 6.17. The Labute approximate surface area is 103 Å². The molecule has 3 heteroatoms. The zero-order valence-electron chi connectivity index (χ0n) is 10.5. The Morgan fingerprint density at radius 3 is 2.94 bits per heavy atom. The van der Waals surface area contributed by atoms with Crippen LogP contribution in [0.3, 0.4) is 0 Å². The lowest BCUT2D eigenvalue weighted by atomic mass is 10.2. The molecule has 0 saturated carbocycles. The van der Waals surface area contributed by atoms with Gasteiger partial charge in [-0.3, -0.25) is 4.90 Å². The van der Waals surface area contributed by atoms with E-state index in [4.69, 9.17) is 0 Å². The lowest BCUT2D eigenvalue weighted by Gasteiger charge is -2.20. The molecule has 2 heterocycles. The molecule has 16 heavy (non-hydrogen) atoms. The predicted octanol–water partition coefficient (Wildman–Crippen LogP) is 2.63. The number of thiophene rings is 1. The summed E-state index contributed by atoms with van der Waals surface area (Å²) in [5, 5.41) is 5.86. The van der Waals surface area contributed by atoms with Crippen LogP contribution in [0, 0.1) is 6.92 Å². The van der Waals surface area contributed by atoms with Crippen LogP contribution in [0.2, 0.25) is 0 Å². The molecule has 0 bridgehead atoms. The summed E-state index contributed by atoms with van der Waals surface area (Å²) in [5.74, 6) is 0. The summed E-state index contributed by atoms with van der Waals surface area (Å²) < 4.78 is 0. The minimum atomic E-state index is 0.684. The zero-order chi connectivity index (χ0) is 11.5. The summed E-state index contributed by atoms with van der Waals surface area (Å²) in [4.78, 5) is 4.04. The van der Waals surface area contributed by atoms with Crippen molar-refractivity contribution in [1.82, 2.24) is 10.2 Å². The fourth-order valence-electron chi connectivity index (χ4n) is 2.25. The van der Waals surface area contributed by atoms with E-state index in [0.717, 1.165) is 6.54 Å². The molecule has 1 aliphatic rings. The average Bonchev–Trinajstić information content (AvgIpc) is 2.83. The summed E-state index contributed by atoms with van der Waals surface area (Å²) in [7, 11) is 0. The number of likely N-dealkylation sites (tertiary alicyclic amines) is 1. The first-order chi connectivity index (χ1) is 7.66. The normalized spacial score (nSPS) is 22.1. The summed E-state index contributed by atoms with van der Waals surface area (Å²) in [6, 6.07) is 3.58. The van der Waals surface area contributed by atoms with Gasteiger partial charge in [-0.25, -0.2) is 0 Å². The van der Waals surface area contributed by atoms with Crippen LogP contribution in [-0.4, -0.2) is 30.1 Å². The number of nitrogens with zero attached hydrogens (tertiary/aromatic N) is 1. The average molecular weight is 238 g/mol. The fraction of sp³-hybridized carbons (Fsp3) is 0.692. The van der Waals surface area contributed by atoms with Gasteiger partial charge in [0.05, 0.1) is 0 Å². The zero-order valence-corrected chi connectivity index (χ0v) is 11.3. The number of aryl methyl sites for hydroxylation is 1. The van der Waals surface area contributed by atoms with Crippen LogP contribution in [0.5, 0.6) is 0 Å². The molecule has 0 radical (unpaired) electrons. The van der Waals surface area contributed by atoms with Crippen molar-refractivity contribution in [3.63, 3.8) is 0 Å². The van der Waals surface area contributed by atoms with Gasteiger partial charge < -0.3 is 5.32 Å². The van der Waals surface area contributed by atoms with Crippen LogP contribution < -0.4 is 5.32 Å². The molecular formula is C13H22N2S. The molecule has 90 valence electrons. The van der Waals surface area contributed by atoms with E-state index in [0.29, 0.717) is 12.1 Å². The topological polar surface area (TPSA) is 15.3 Å². The lowest BCUT2D eigenvalue weighted by molar-refractivity contribution is 0.268. The lowest BCUT2D eigenvalue weighted by Crippen LogP contribution is -2.34. The number of rotatable bonds is 4. The second-order valence-corrected chi connectivity index (χ2v) is 5.98. The standard InChI is InChI=1S/C13H22N2S/c1-10(2)15-6-4-12(9-15)14-8-13-11(3)5-7-16-13/h5,7,10,12,14H,4,6,8-9H2,1-3H3. The van der Waals surface area contributed by atoms with Gasteiger partial charge in [-0.05, 0) is 50.7 Å². The third-order valence-corrected chi connectivity index (χ3v) is 4.49. The molecular weight excluding hydrogens is 216 g/mol. The van der Waals surface area contributed by atoms with E-state index in [1.165, 1.54) is 30.0 Å². The van der Waals surface area contributed by atoms with Gasteiger partial charge in [-0.2, -0.15) is 0 Å². The van der Waals surface area contributed by atoms with Crippen molar-refractivity contribution in [3.05, 3.63) is 21.9 Å². The monoisotopic (exact) mass is 238 g/mol. The predicted molar refractivity (Wildman–Crippen MR) is 71.0 cm³/mol. The second-order valence-electron chi connectivity index (χ2n) is 4.98. The molecule has 1 aromatic rings.